The van der Waals surface area contributed by atoms with Crippen LogP contribution in [-0.2, 0) is 6.54 Å². The zero-order valence-corrected chi connectivity index (χ0v) is 18.4. The number of fused-ring (bicyclic) bond motifs is 2. The van der Waals surface area contributed by atoms with Gasteiger partial charge in [0.15, 0.2) is 11.5 Å². The number of benzene rings is 2. The molecule has 2 heterocycles. The third-order valence-corrected chi connectivity index (χ3v) is 5.58. The molecule has 7 heteroatoms. The first-order chi connectivity index (χ1) is 15.4. The molecule has 1 aliphatic heterocycles. The first kappa shape index (κ1) is 21.6. The molecule has 0 bridgehead atoms. The van der Waals surface area contributed by atoms with Crippen LogP contribution in [0.1, 0.15) is 48.4 Å². The Morgan fingerprint density at radius 1 is 1.22 bits per heavy atom. The van der Waals surface area contributed by atoms with Crippen LogP contribution in [0.25, 0.3) is 22.6 Å². The maximum Gasteiger partial charge on any atom is 0.335 e. The number of rotatable bonds is 7. The van der Waals surface area contributed by atoms with E-state index in [1.165, 1.54) is 18.2 Å². The van der Waals surface area contributed by atoms with Crippen molar-refractivity contribution in [3.05, 3.63) is 63.7 Å². The fourth-order valence-corrected chi connectivity index (χ4v) is 3.79. The summed E-state index contributed by atoms with van der Waals surface area (Å²) in [6, 6.07) is 10.2. The fraction of sp³-hybridized carbons (Fsp3) is 0.320. The van der Waals surface area contributed by atoms with Gasteiger partial charge in [-0.25, -0.2) is 9.78 Å². The lowest BCUT2D eigenvalue weighted by Gasteiger charge is -2.12. The number of hydrogen-bond acceptors (Lipinski definition) is 5. The van der Waals surface area contributed by atoms with Gasteiger partial charge in [0.1, 0.15) is 5.82 Å². The minimum absolute atomic E-state index is 0.107. The summed E-state index contributed by atoms with van der Waals surface area (Å²) in [5.74, 6) is 1.43. The Bertz CT molecular complexity index is 1270. The number of aromatic carboxylic acids is 1. The van der Waals surface area contributed by atoms with Crippen molar-refractivity contribution in [3.8, 4) is 11.5 Å². The zero-order chi connectivity index (χ0) is 22.8. The third kappa shape index (κ3) is 4.23. The number of ether oxygens (including phenoxy) is 2. The zero-order valence-electron chi connectivity index (χ0n) is 18.4. The smallest absolute Gasteiger partial charge is 0.335 e. The highest BCUT2D eigenvalue weighted by Crippen LogP contribution is 2.32. The van der Waals surface area contributed by atoms with Gasteiger partial charge in [-0.15, -0.1) is 0 Å². The average molecular weight is 434 g/mol. The van der Waals surface area contributed by atoms with Crippen LogP contribution >= 0.6 is 0 Å². The van der Waals surface area contributed by atoms with E-state index in [4.69, 9.17) is 9.47 Å². The lowest BCUT2D eigenvalue weighted by molar-refractivity contribution is 0.0697. The maximum absolute atomic E-state index is 12.9. The van der Waals surface area contributed by atoms with Gasteiger partial charge in [-0.1, -0.05) is 19.9 Å². The summed E-state index contributed by atoms with van der Waals surface area (Å²) in [7, 11) is 1.61. The molecule has 0 unspecified atom stereocenters. The molecule has 3 aromatic rings. The van der Waals surface area contributed by atoms with Crippen LogP contribution in [0.3, 0.4) is 0 Å². The molecule has 0 amide bonds. The number of aromatic nitrogens is 2. The van der Waals surface area contributed by atoms with Gasteiger partial charge in [0, 0.05) is 6.54 Å². The van der Waals surface area contributed by atoms with Crippen molar-refractivity contribution in [2.45, 2.75) is 33.2 Å². The molecule has 0 radical (unpaired) electrons. The molecule has 32 heavy (non-hydrogen) atoms. The lowest BCUT2D eigenvalue weighted by atomic mass is 10.1. The second-order valence-electron chi connectivity index (χ2n) is 8.29. The summed E-state index contributed by atoms with van der Waals surface area (Å²) in [4.78, 5) is 28.8. The van der Waals surface area contributed by atoms with Gasteiger partial charge in [0.05, 0.1) is 30.2 Å². The number of carboxylic acids is 1. The number of allylic oxidation sites excluding steroid dienone is 1. The van der Waals surface area contributed by atoms with E-state index in [-0.39, 0.29) is 11.1 Å². The number of methoxy groups -OCH3 is 1. The summed E-state index contributed by atoms with van der Waals surface area (Å²) < 4.78 is 13.0. The van der Waals surface area contributed by atoms with Crippen LogP contribution in [0.2, 0.25) is 0 Å². The van der Waals surface area contributed by atoms with Crippen LogP contribution in [0, 0.1) is 5.92 Å². The SMILES string of the molecule is COc1cc(/C=C2\CCn3c2nc2cc(C(=O)O)ccc2c3=O)ccc1OCCC(C)C. The summed E-state index contributed by atoms with van der Waals surface area (Å²) in [6.07, 6.45) is 3.61. The Morgan fingerprint density at radius 3 is 2.75 bits per heavy atom. The highest BCUT2D eigenvalue weighted by Gasteiger charge is 2.21. The Kier molecular flexibility index (Phi) is 5.99. The molecule has 0 fully saturated rings. The predicted octanol–water partition coefficient (Wildman–Crippen LogP) is 4.47. The van der Waals surface area contributed by atoms with Crippen molar-refractivity contribution in [2.24, 2.45) is 5.92 Å². The largest absolute Gasteiger partial charge is 0.493 e. The van der Waals surface area contributed by atoms with E-state index >= 15 is 0 Å². The second kappa shape index (κ2) is 8.86. The van der Waals surface area contributed by atoms with Gasteiger partial charge in [-0.2, -0.15) is 0 Å². The maximum atomic E-state index is 12.9. The van der Waals surface area contributed by atoms with E-state index in [2.05, 4.69) is 18.8 Å². The Morgan fingerprint density at radius 2 is 2.03 bits per heavy atom. The van der Waals surface area contributed by atoms with Gasteiger partial charge < -0.3 is 14.6 Å². The normalized spacial score (nSPS) is 14.2. The average Bonchev–Trinajstić information content (AvgIpc) is 3.16. The third-order valence-electron chi connectivity index (χ3n) is 5.58. The van der Waals surface area contributed by atoms with Crippen molar-refractivity contribution in [1.29, 1.82) is 0 Å². The minimum Gasteiger partial charge on any atom is -0.493 e. The molecule has 0 spiro atoms. The Hall–Kier alpha value is -3.61. The predicted molar refractivity (Wildman–Crippen MR) is 123 cm³/mol. The molecule has 166 valence electrons. The van der Waals surface area contributed by atoms with Gasteiger partial charge >= 0.3 is 5.97 Å². The molecule has 0 aliphatic carbocycles. The number of carboxylic acid groups (broad SMARTS) is 1. The van der Waals surface area contributed by atoms with E-state index in [9.17, 15) is 14.7 Å². The molecule has 1 N–H and O–H groups in total. The van der Waals surface area contributed by atoms with Crippen molar-refractivity contribution in [1.82, 2.24) is 9.55 Å². The van der Waals surface area contributed by atoms with Crippen molar-refractivity contribution < 1.29 is 19.4 Å². The van der Waals surface area contributed by atoms with Gasteiger partial charge in [0.25, 0.3) is 5.56 Å². The summed E-state index contributed by atoms with van der Waals surface area (Å²) in [5.41, 5.74) is 2.17. The molecule has 2 aromatic carbocycles. The molecular weight excluding hydrogens is 408 g/mol. The van der Waals surface area contributed by atoms with E-state index in [1.807, 2.05) is 24.3 Å². The van der Waals surface area contributed by atoms with Crippen LogP contribution in [0.15, 0.2) is 41.2 Å². The van der Waals surface area contributed by atoms with Gasteiger partial charge in [0.2, 0.25) is 0 Å². The van der Waals surface area contributed by atoms with Crippen LogP contribution < -0.4 is 15.0 Å². The second-order valence-corrected chi connectivity index (χ2v) is 8.29. The number of hydrogen-bond donors (Lipinski definition) is 1. The van der Waals surface area contributed by atoms with Crippen molar-refractivity contribution >= 4 is 28.5 Å². The molecule has 0 saturated carbocycles. The van der Waals surface area contributed by atoms with E-state index in [1.54, 1.807) is 11.7 Å². The Balaban J connectivity index is 1.69. The minimum atomic E-state index is -1.05. The molecular formula is C25H26N2O5. The first-order valence-electron chi connectivity index (χ1n) is 10.7. The summed E-state index contributed by atoms with van der Waals surface area (Å²) in [6.45, 7) is 5.47. The topological polar surface area (TPSA) is 90.7 Å². The fourth-order valence-electron chi connectivity index (χ4n) is 3.79. The molecule has 1 aliphatic rings. The van der Waals surface area contributed by atoms with Crippen molar-refractivity contribution in [2.75, 3.05) is 13.7 Å². The van der Waals surface area contributed by atoms with Crippen LogP contribution in [-0.4, -0.2) is 34.3 Å². The lowest BCUT2D eigenvalue weighted by Crippen LogP contribution is -2.21. The number of carbonyl (C=O) groups is 1. The number of nitrogens with zero attached hydrogens (tertiary/aromatic N) is 2. The molecule has 0 saturated heterocycles. The monoisotopic (exact) mass is 434 g/mol. The summed E-state index contributed by atoms with van der Waals surface area (Å²) in [5, 5.41) is 9.68. The standard InChI is InChI=1S/C25H26N2O5/c1-15(2)9-11-32-21-7-4-16(13-22(21)31-3)12-17-8-10-27-23(17)26-20-14-18(25(29)30)5-6-19(20)24(27)28/h4-7,12-15H,8-11H2,1-3H3,(H,29,30)/b17-12+. The first-order valence-corrected chi connectivity index (χ1v) is 10.7. The van der Waals surface area contributed by atoms with Crippen LogP contribution in [0.4, 0.5) is 0 Å². The quantitative estimate of drug-likeness (QED) is 0.590. The molecule has 1 aromatic heterocycles. The van der Waals surface area contributed by atoms with Gasteiger partial charge in [-0.05, 0) is 66.3 Å². The van der Waals surface area contributed by atoms with E-state index in [0.717, 1.165) is 17.6 Å². The van der Waals surface area contributed by atoms with Crippen LogP contribution in [0.5, 0.6) is 11.5 Å². The highest BCUT2D eigenvalue weighted by atomic mass is 16.5. The highest BCUT2D eigenvalue weighted by molar-refractivity contribution is 5.93. The Labute approximate surface area is 185 Å². The molecule has 7 nitrogen and oxygen atoms in total. The van der Waals surface area contributed by atoms with Gasteiger partial charge in [-0.3, -0.25) is 9.36 Å². The van der Waals surface area contributed by atoms with Crippen molar-refractivity contribution in [3.63, 3.8) is 0 Å². The molecule has 0 atom stereocenters. The summed E-state index contributed by atoms with van der Waals surface area (Å²) >= 11 is 0. The van der Waals surface area contributed by atoms with E-state index < -0.39 is 5.97 Å². The molecule has 4 rings (SSSR count). The van der Waals surface area contributed by atoms with E-state index in [0.29, 0.717) is 53.7 Å².